The number of carbonyl (C=O) groups excluding carboxylic acids is 2. The third-order valence-electron chi connectivity index (χ3n) is 4.59. The van der Waals surface area contributed by atoms with Crippen LogP contribution < -0.4 is 9.47 Å². The summed E-state index contributed by atoms with van der Waals surface area (Å²) in [6.07, 6.45) is 1.68. The molecule has 0 bridgehead atoms. The predicted molar refractivity (Wildman–Crippen MR) is 113 cm³/mol. The minimum Gasteiger partial charge on any atom is -0.489 e. The Morgan fingerprint density at radius 3 is 2.47 bits per heavy atom. The van der Waals surface area contributed by atoms with Gasteiger partial charge in [0.15, 0.2) is 5.76 Å². The van der Waals surface area contributed by atoms with E-state index in [9.17, 15) is 9.59 Å². The Bertz CT molecular complexity index is 1130. The molecule has 1 heterocycles. The molecule has 0 unspecified atom stereocenters. The van der Waals surface area contributed by atoms with Crippen molar-refractivity contribution in [3.8, 4) is 11.5 Å². The average molecular weight is 421 g/mol. The van der Waals surface area contributed by atoms with E-state index >= 15 is 0 Å². The van der Waals surface area contributed by atoms with Crippen LogP contribution >= 0.6 is 11.6 Å². The Hall–Kier alpha value is -3.57. The zero-order valence-electron chi connectivity index (χ0n) is 16.1. The quantitative estimate of drug-likeness (QED) is 0.413. The molecule has 1 aliphatic rings. The molecule has 0 atom stereocenters. The van der Waals surface area contributed by atoms with Gasteiger partial charge in [0, 0.05) is 11.1 Å². The molecule has 6 heteroatoms. The van der Waals surface area contributed by atoms with Gasteiger partial charge in [-0.2, -0.15) is 0 Å². The molecule has 5 nitrogen and oxygen atoms in total. The fourth-order valence-electron chi connectivity index (χ4n) is 2.99. The van der Waals surface area contributed by atoms with Crippen LogP contribution in [0.4, 0.5) is 0 Å². The van der Waals surface area contributed by atoms with Crippen LogP contribution in [-0.4, -0.2) is 18.9 Å². The Balaban J connectivity index is 1.45. The van der Waals surface area contributed by atoms with Gasteiger partial charge >= 0.3 is 5.97 Å². The van der Waals surface area contributed by atoms with Gasteiger partial charge < -0.3 is 14.2 Å². The molecule has 0 saturated carbocycles. The first-order valence-electron chi connectivity index (χ1n) is 9.17. The van der Waals surface area contributed by atoms with Gasteiger partial charge in [-0.05, 0) is 53.6 Å². The third-order valence-corrected chi connectivity index (χ3v) is 4.84. The molecule has 0 amide bonds. The van der Waals surface area contributed by atoms with E-state index in [1.807, 2.05) is 12.1 Å². The number of rotatable bonds is 5. The fraction of sp³-hybridized carbons (Fsp3) is 0.0833. The van der Waals surface area contributed by atoms with Crippen molar-refractivity contribution in [2.75, 3.05) is 7.11 Å². The summed E-state index contributed by atoms with van der Waals surface area (Å²) in [6, 6.07) is 19.2. The number of methoxy groups -OCH3 is 1. The second-order valence-corrected chi connectivity index (χ2v) is 7.06. The maximum Gasteiger partial charge on any atom is 0.337 e. The lowest BCUT2D eigenvalue weighted by atomic mass is 10.1. The largest absolute Gasteiger partial charge is 0.489 e. The first-order chi connectivity index (χ1) is 14.5. The van der Waals surface area contributed by atoms with Crippen molar-refractivity contribution in [1.29, 1.82) is 0 Å². The van der Waals surface area contributed by atoms with Crippen LogP contribution in [0.15, 0.2) is 72.5 Å². The van der Waals surface area contributed by atoms with Crippen LogP contribution in [0.2, 0.25) is 5.02 Å². The van der Waals surface area contributed by atoms with Crippen molar-refractivity contribution in [3.05, 3.63) is 99.8 Å². The molecule has 0 spiro atoms. The SMILES string of the molecule is COC(=O)c1ccc(COc2ccc3c(c2)O/C(=C\c2ccc(Cl)cc2)C3=O)cc1. The monoisotopic (exact) mass is 420 g/mol. The molecule has 0 aromatic heterocycles. The number of allylic oxidation sites excluding steroid dienone is 1. The molecule has 0 radical (unpaired) electrons. The van der Waals surface area contributed by atoms with E-state index < -0.39 is 0 Å². The summed E-state index contributed by atoms with van der Waals surface area (Å²) in [5, 5.41) is 0.626. The second kappa shape index (κ2) is 8.43. The molecule has 30 heavy (non-hydrogen) atoms. The number of halogens is 1. The van der Waals surface area contributed by atoms with E-state index in [1.54, 1.807) is 60.7 Å². The molecule has 0 saturated heterocycles. The average Bonchev–Trinajstić information content (AvgIpc) is 3.08. The van der Waals surface area contributed by atoms with Crippen molar-refractivity contribution < 1.29 is 23.8 Å². The Kier molecular flexibility index (Phi) is 5.55. The minimum absolute atomic E-state index is 0.176. The number of hydrogen-bond acceptors (Lipinski definition) is 5. The van der Waals surface area contributed by atoms with Gasteiger partial charge in [-0.1, -0.05) is 35.9 Å². The molecule has 4 rings (SSSR count). The Morgan fingerprint density at radius 2 is 1.77 bits per heavy atom. The Labute approximate surface area is 178 Å². The fourth-order valence-corrected chi connectivity index (χ4v) is 3.11. The molecule has 150 valence electrons. The van der Waals surface area contributed by atoms with Gasteiger partial charge in [0.2, 0.25) is 5.78 Å². The number of esters is 1. The molecule has 0 aliphatic carbocycles. The van der Waals surface area contributed by atoms with Crippen LogP contribution in [0.1, 0.15) is 31.8 Å². The van der Waals surface area contributed by atoms with Gasteiger partial charge in [0.05, 0.1) is 18.2 Å². The van der Waals surface area contributed by atoms with Gasteiger partial charge in [-0.3, -0.25) is 4.79 Å². The van der Waals surface area contributed by atoms with Gasteiger partial charge in [0.25, 0.3) is 0 Å². The van der Waals surface area contributed by atoms with Crippen molar-refractivity contribution >= 4 is 29.4 Å². The summed E-state index contributed by atoms with van der Waals surface area (Å²) < 4.78 is 16.2. The number of hydrogen-bond donors (Lipinski definition) is 0. The summed E-state index contributed by atoms with van der Waals surface area (Å²) in [5.74, 6) is 0.725. The van der Waals surface area contributed by atoms with E-state index in [2.05, 4.69) is 4.74 Å². The summed E-state index contributed by atoms with van der Waals surface area (Å²) in [6.45, 7) is 0.307. The summed E-state index contributed by atoms with van der Waals surface area (Å²) in [7, 11) is 1.34. The number of fused-ring (bicyclic) bond motifs is 1. The van der Waals surface area contributed by atoms with E-state index in [-0.39, 0.29) is 17.5 Å². The number of benzene rings is 3. The van der Waals surface area contributed by atoms with E-state index in [0.29, 0.717) is 34.3 Å². The van der Waals surface area contributed by atoms with Crippen molar-refractivity contribution in [3.63, 3.8) is 0 Å². The minimum atomic E-state index is -0.384. The highest BCUT2D eigenvalue weighted by atomic mass is 35.5. The second-order valence-electron chi connectivity index (χ2n) is 6.63. The lowest BCUT2D eigenvalue weighted by Gasteiger charge is -2.08. The lowest BCUT2D eigenvalue weighted by Crippen LogP contribution is -2.02. The summed E-state index contributed by atoms with van der Waals surface area (Å²) in [5.41, 5.74) is 2.68. The molecular formula is C24H17ClO5. The molecule has 0 N–H and O–H groups in total. The standard InChI is InChI=1S/C24H17ClO5/c1-28-24(27)17-6-2-16(3-7-17)14-29-19-10-11-20-21(13-19)30-22(23(20)26)12-15-4-8-18(25)9-5-15/h2-13H,14H2,1H3/b22-12-. The molecule has 3 aromatic rings. The van der Waals surface area contributed by atoms with Crippen LogP contribution in [0, 0.1) is 0 Å². The van der Waals surface area contributed by atoms with Crippen LogP contribution in [0.25, 0.3) is 6.08 Å². The highest BCUT2D eigenvalue weighted by molar-refractivity contribution is 6.30. The Morgan fingerprint density at radius 1 is 1.03 bits per heavy atom. The van der Waals surface area contributed by atoms with Crippen molar-refractivity contribution in [2.45, 2.75) is 6.61 Å². The topological polar surface area (TPSA) is 61.8 Å². The lowest BCUT2D eigenvalue weighted by molar-refractivity contribution is 0.0600. The summed E-state index contributed by atoms with van der Waals surface area (Å²) >= 11 is 5.90. The van der Waals surface area contributed by atoms with Crippen molar-refractivity contribution in [1.82, 2.24) is 0 Å². The normalized spacial score (nSPS) is 13.7. The van der Waals surface area contributed by atoms with Gasteiger partial charge in [0.1, 0.15) is 18.1 Å². The first kappa shape index (κ1) is 19.7. The van der Waals surface area contributed by atoms with Gasteiger partial charge in [-0.25, -0.2) is 4.79 Å². The number of ketones is 1. The number of carbonyl (C=O) groups is 2. The first-order valence-corrected chi connectivity index (χ1v) is 9.55. The molecule has 3 aromatic carbocycles. The smallest absolute Gasteiger partial charge is 0.337 e. The zero-order chi connectivity index (χ0) is 21.1. The van der Waals surface area contributed by atoms with Crippen LogP contribution in [-0.2, 0) is 11.3 Å². The number of ether oxygens (including phenoxy) is 3. The number of Topliss-reactive ketones (excluding diaryl/α,β-unsaturated/α-hetero) is 1. The van der Waals surface area contributed by atoms with E-state index in [0.717, 1.165) is 11.1 Å². The highest BCUT2D eigenvalue weighted by Gasteiger charge is 2.27. The van der Waals surface area contributed by atoms with E-state index in [1.165, 1.54) is 7.11 Å². The maximum absolute atomic E-state index is 12.6. The molecular weight excluding hydrogens is 404 g/mol. The van der Waals surface area contributed by atoms with Crippen LogP contribution in [0.3, 0.4) is 0 Å². The zero-order valence-corrected chi connectivity index (χ0v) is 16.8. The third kappa shape index (κ3) is 4.21. The predicted octanol–water partition coefficient (Wildman–Crippen LogP) is 5.32. The van der Waals surface area contributed by atoms with Crippen LogP contribution in [0.5, 0.6) is 11.5 Å². The maximum atomic E-state index is 12.6. The van der Waals surface area contributed by atoms with Crippen molar-refractivity contribution in [2.24, 2.45) is 0 Å². The highest BCUT2D eigenvalue weighted by Crippen LogP contribution is 2.35. The summed E-state index contributed by atoms with van der Waals surface area (Å²) in [4.78, 5) is 24.1. The van der Waals surface area contributed by atoms with Gasteiger partial charge in [-0.15, -0.1) is 0 Å². The molecule has 0 fully saturated rings. The van der Waals surface area contributed by atoms with E-state index in [4.69, 9.17) is 21.1 Å². The molecule has 1 aliphatic heterocycles.